The predicted molar refractivity (Wildman–Crippen MR) is 52.3 cm³/mol. The van der Waals surface area contributed by atoms with E-state index in [1.165, 1.54) is 0 Å². The van der Waals surface area contributed by atoms with Gasteiger partial charge < -0.3 is 9.16 Å². The Labute approximate surface area is 75.5 Å². The molecule has 0 N–H and O–H groups in total. The summed E-state index contributed by atoms with van der Waals surface area (Å²) in [5.41, 5.74) is 0. The van der Waals surface area contributed by atoms with Crippen molar-refractivity contribution in [1.29, 1.82) is 0 Å². The summed E-state index contributed by atoms with van der Waals surface area (Å²) in [7, 11) is -0.266. The summed E-state index contributed by atoms with van der Waals surface area (Å²) in [5.74, 6) is 0.916. The first-order valence-corrected chi connectivity index (χ1v) is 6.18. The average molecular weight is 182 g/mol. The first-order chi connectivity index (χ1) is 5.93. The first-order valence-electron chi connectivity index (χ1n) is 4.19. The van der Waals surface area contributed by atoms with Gasteiger partial charge in [-0.3, -0.25) is 0 Å². The van der Waals surface area contributed by atoms with Gasteiger partial charge in [0.2, 0.25) is 0 Å². The molecule has 0 aliphatic carbocycles. The molecule has 0 bridgehead atoms. The van der Waals surface area contributed by atoms with Crippen LogP contribution >= 0.6 is 0 Å². The summed E-state index contributed by atoms with van der Waals surface area (Å²) in [6, 6.07) is 9.80. The second-order valence-corrected chi connectivity index (χ2v) is 3.34. The topological polar surface area (TPSA) is 18.5 Å². The molecule has 0 saturated carbocycles. The molecule has 1 aromatic rings. The molecule has 0 aliphatic heterocycles. The summed E-state index contributed by atoms with van der Waals surface area (Å²) in [5, 5.41) is 0. The van der Waals surface area contributed by atoms with E-state index in [1.807, 2.05) is 30.3 Å². The summed E-state index contributed by atoms with van der Waals surface area (Å²) in [6.07, 6.45) is 0. The third kappa shape index (κ3) is 3.55. The zero-order valence-electron chi connectivity index (χ0n) is 7.32. The molecule has 0 aromatic heterocycles. The Bertz CT molecular complexity index is 201. The summed E-state index contributed by atoms with van der Waals surface area (Å²) < 4.78 is 10.7. The van der Waals surface area contributed by atoms with Crippen molar-refractivity contribution in [2.24, 2.45) is 0 Å². The molecule has 12 heavy (non-hydrogen) atoms. The second-order valence-electron chi connectivity index (χ2n) is 2.36. The maximum Gasteiger partial charge on any atom is 0.158 e. The Hall–Kier alpha value is -0.803. The van der Waals surface area contributed by atoms with Crippen molar-refractivity contribution in [3.63, 3.8) is 0 Å². The van der Waals surface area contributed by atoms with Gasteiger partial charge in [-0.2, -0.15) is 0 Å². The summed E-state index contributed by atoms with van der Waals surface area (Å²) >= 11 is 0. The summed E-state index contributed by atoms with van der Waals surface area (Å²) in [4.78, 5) is 0. The Morgan fingerprint density at radius 2 is 1.92 bits per heavy atom. The molecule has 0 spiro atoms. The van der Waals surface area contributed by atoms with Gasteiger partial charge in [0.15, 0.2) is 9.76 Å². The van der Waals surface area contributed by atoms with Crippen molar-refractivity contribution >= 4 is 9.76 Å². The number of rotatable bonds is 5. The Kier molecular flexibility index (Phi) is 4.49. The fraction of sp³-hybridized carbons (Fsp3) is 0.333. The molecule has 2 nitrogen and oxygen atoms in total. The van der Waals surface area contributed by atoms with Crippen molar-refractivity contribution in [2.45, 2.75) is 6.55 Å². The van der Waals surface area contributed by atoms with Crippen molar-refractivity contribution in [2.75, 3.05) is 13.2 Å². The highest BCUT2D eigenvalue weighted by atomic mass is 28.2. The maximum absolute atomic E-state index is 5.41. The third-order valence-electron chi connectivity index (χ3n) is 1.44. The molecular formula is C9H14O2Si. The highest BCUT2D eigenvalue weighted by Crippen LogP contribution is 2.07. The van der Waals surface area contributed by atoms with E-state index >= 15 is 0 Å². The average Bonchev–Trinajstić information content (AvgIpc) is 2.14. The quantitative estimate of drug-likeness (QED) is 0.503. The van der Waals surface area contributed by atoms with Crippen molar-refractivity contribution in [1.82, 2.24) is 0 Å². The fourth-order valence-corrected chi connectivity index (χ4v) is 1.29. The van der Waals surface area contributed by atoms with E-state index in [4.69, 9.17) is 9.16 Å². The number of hydrogen-bond donors (Lipinski definition) is 0. The zero-order valence-corrected chi connectivity index (χ0v) is 8.74. The zero-order chi connectivity index (χ0) is 8.65. The van der Waals surface area contributed by atoms with Gasteiger partial charge in [-0.15, -0.1) is 0 Å². The van der Waals surface area contributed by atoms with Crippen LogP contribution in [0.5, 0.6) is 5.75 Å². The summed E-state index contributed by atoms with van der Waals surface area (Å²) in [6.45, 7) is 3.49. The standard InChI is InChI=1S/C9H14O2Si/c1-12-11-8-7-10-9-5-3-2-4-6-9/h2-6H,7-8,12H2,1H3. The van der Waals surface area contributed by atoms with Gasteiger partial charge in [0.1, 0.15) is 12.4 Å². The molecule has 66 valence electrons. The van der Waals surface area contributed by atoms with E-state index in [-0.39, 0.29) is 9.76 Å². The lowest BCUT2D eigenvalue weighted by molar-refractivity contribution is 0.224. The molecule has 0 amide bonds. The monoisotopic (exact) mass is 182 g/mol. The lowest BCUT2D eigenvalue weighted by Gasteiger charge is -2.04. The maximum atomic E-state index is 5.41. The largest absolute Gasteiger partial charge is 0.491 e. The van der Waals surface area contributed by atoms with Crippen LogP contribution in [0.3, 0.4) is 0 Å². The smallest absolute Gasteiger partial charge is 0.158 e. The van der Waals surface area contributed by atoms with Crippen molar-refractivity contribution in [3.8, 4) is 5.75 Å². The van der Waals surface area contributed by atoms with Gasteiger partial charge in [-0.25, -0.2) is 0 Å². The van der Waals surface area contributed by atoms with Gasteiger partial charge >= 0.3 is 0 Å². The Morgan fingerprint density at radius 3 is 2.58 bits per heavy atom. The van der Waals surface area contributed by atoms with E-state index in [1.54, 1.807) is 0 Å². The molecule has 0 saturated heterocycles. The van der Waals surface area contributed by atoms with E-state index in [9.17, 15) is 0 Å². The SMILES string of the molecule is C[SiH2]OCCOc1ccccc1. The number of benzene rings is 1. The molecule has 1 aromatic carbocycles. The molecule has 0 aliphatic rings. The minimum atomic E-state index is -0.266. The normalized spacial score (nSPS) is 10.8. The van der Waals surface area contributed by atoms with Crippen LogP contribution in [0.4, 0.5) is 0 Å². The minimum absolute atomic E-state index is 0.266. The third-order valence-corrected chi connectivity index (χ3v) is 2.14. The predicted octanol–water partition coefficient (Wildman–Crippen LogP) is 1.21. The van der Waals surface area contributed by atoms with Crippen LogP contribution in [0.25, 0.3) is 0 Å². The molecule has 0 radical (unpaired) electrons. The van der Waals surface area contributed by atoms with Crippen molar-refractivity contribution < 1.29 is 9.16 Å². The van der Waals surface area contributed by atoms with Gasteiger partial charge in [0.05, 0.1) is 6.61 Å². The van der Waals surface area contributed by atoms with Crippen LogP contribution in [-0.2, 0) is 4.43 Å². The lowest BCUT2D eigenvalue weighted by atomic mass is 10.3. The minimum Gasteiger partial charge on any atom is -0.491 e. The van der Waals surface area contributed by atoms with Crippen LogP contribution in [0, 0.1) is 0 Å². The van der Waals surface area contributed by atoms with Crippen LogP contribution in [0.2, 0.25) is 6.55 Å². The lowest BCUT2D eigenvalue weighted by Crippen LogP contribution is -2.07. The van der Waals surface area contributed by atoms with Crippen LogP contribution in [-0.4, -0.2) is 23.0 Å². The van der Waals surface area contributed by atoms with Crippen LogP contribution in [0.1, 0.15) is 0 Å². The van der Waals surface area contributed by atoms with Gasteiger partial charge in [0, 0.05) is 0 Å². The van der Waals surface area contributed by atoms with Crippen LogP contribution in [0.15, 0.2) is 30.3 Å². The molecule has 0 heterocycles. The fourth-order valence-electron chi connectivity index (χ4n) is 0.880. The van der Waals surface area contributed by atoms with E-state index in [0.29, 0.717) is 6.61 Å². The Morgan fingerprint density at radius 1 is 1.17 bits per heavy atom. The molecule has 0 atom stereocenters. The van der Waals surface area contributed by atoms with Gasteiger partial charge in [0.25, 0.3) is 0 Å². The second kappa shape index (κ2) is 5.80. The molecule has 3 heteroatoms. The molecular weight excluding hydrogens is 168 g/mol. The molecule has 0 unspecified atom stereocenters. The first kappa shape index (κ1) is 9.29. The van der Waals surface area contributed by atoms with Gasteiger partial charge in [-0.05, 0) is 12.1 Å². The van der Waals surface area contributed by atoms with Crippen LogP contribution < -0.4 is 4.74 Å². The highest BCUT2D eigenvalue weighted by Gasteiger charge is 1.89. The van der Waals surface area contributed by atoms with E-state index in [0.717, 1.165) is 12.4 Å². The van der Waals surface area contributed by atoms with Crippen molar-refractivity contribution in [3.05, 3.63) is 30.3 Å². The molecule has 1 rings (SSSR count). The number of hydrogen-bond acceptors (Lipinski definition) is 2. The highest BCUT2D eigenvalue weighted by molar-refractivity contribution is 6.24. The number of ether oxygens (including phenoxy) is 1. The number of para-hydroxylation sites is 1. The van der Waals surface area contributed by atoms with E-state index in [2.05, 4.69) is 6.55 Å². The van der Waals surface area contributed by atoms with Gasteiger partial charge in [-0.1, -0.05) is 24.7 Å². The molecule has 0 fully saturated rings. The Balaban J connectivity index is 2.16. The van der Waals surface area contributed by atoms with E-state index < -0.39 is 0 Å².